The number of hydrogen-bond donors (Lipinski definition) is 0. The van der Waals surface area contributed by atoms with E-state index in [2.05, 4.69) is 0 Å². The summed E-state index contributed by atoms with van der Waals surface area (Å²) >= 11 is 0. The summed E-state index contributed by atoms with van der Waals surface area (Å²) in [6, 6.07) is 3.66. The standard InChI is InChI=1S/C15H23NO/c1-15(2,3)13-8-12-10-16(4)7-6-11(12)9-14(13)17-5/h8-9H,6-7,10H2,1-5H3/i4D3,5D3. The third-order valence-electron chi connectivity index (χ3n) is 3.23. The van der Waals surface area contributed by atoms with Gasteiger partial charge < -0.3 is 9.64 Å². The lowest BCUT2D eigenvalue weighted by atomic mass is 9.83. The van der Waals surface area contributed by atoms with Crippen molar-refractivity contribution in [2.75, 3.05) is 20.6 Å². The molecule has 0 N–H and O–H groups in total. The second-order valence-corrected chi connectivity index (χ2v) is 5.64. The van der Waals surface area contributed by atoms with Crippen LogP contribution < -0.4 is 4.74 Å². The molecule has 1 aromatic carbocycles. The molecule has 1 aliphatic heterocycles. The molecule has 0 bridgehead atoms. The molecule has 0 fully saturated rings. The van der Waals surface area contributed by atoms with E-state index in [0.29, 0.717) is 25.3 Å². The molecule has 1 aliphatic rings. The third-order valence-corrected chi connectivity index (χ3v) is 3.23. The van der Waals surface area contributed by atoms with Gasteiger partial charge in [0.05, 0.1) is 11.2 Å². The van der Waals surface area contributed by atoms with Crippen molar-refractivity contribution in [2.24, 2.45) is 0 Å². The predicted octanol–water partition coefficient (Wildman–Crippen LogP) is 2.98. The Morgan fingerprint density at radius 3 is 2.76 bits per heavy atom. The Hall–Kier alpha value is -1.02. The minimum absolute atomic E-state index is 0.308. The molecule has 0 saturated heterocycles. The number of benzene rings is 1. The van der Waals surface area contributed by atoms with E-state index >= 15 is 0 Å². The van der Waals surface area contributed by atoms with Crippen LogP contribution in [0, 0.1) is 0 Å². The SMILES string of the molecule is [2H]C([2H])([2H])Oc1cc2c(cc1C(C)(C)C)CN(C([2H])([2H])[2H])CC2. The number of hydrogen-bond acceptors (Lipinski definition) is 2. The van der Waals surface area contributed by atoms with Gasteiger partial charge in [-0.15, -0.1) is 0 Å². The van der Waals surface area contributed by atoms with E-state index in [1.54, 1.807) is 6.07 Å². The summed E-state index contributed by atoms with van der Waals surface area (Å²) < 4.78 is 49.9. The molecule has 0 spiro atoms. The molecule has 17 heavy (non-hydrogen) atoms. The van der Waals surface area contributed by atoms with E-state index in [1.165, 1.54) is 4.90 Å². The highest BCUT2D eigenvalue weighted by molar-refractivity contribution is 5.46. The van der Waals surface area contributed by atoms with Crippen molar-refractivity contribution < 1.29 is 13.0 Å². The molecule has 1 aromatic rings. The van der Waals surface area contributed by atoms with Gasteiger partial charge in [0.15, 0.2) is 0 Å². The van der Waals surface area contributed by atoms with E-state index in [9.17, 15) is 0 Å². The molecule has 0 atom stereocenters. The molecule has 2 heteroatoms. The molecular weight excluding hydrogens is 210 g/mol. The molecule has 1 heterocycles. The molecule has 94 valence electrons. The lowest BCUT2D eigenvalue weighted by Crippen LogP contribution is -2.27. The third kappa shape index (κ3) is 2.47. The average Bonchev–Trinajstić information content (AvgIpc) is 2.33. The normalized spacial score (nSPS) is 23.5. The smallest absolute Gasteiger partial charge is 0.122 e. The van der Waals surface area contributed by atoms with Crippen LogP contribution in [0.15, 0.2) is 12.1 Å². The molecular formula is C15H23NO. The quantitative estimate of drug-likeness (QED) is 0.747. The van der Waals surface area contributed by atoms with Crippen molar-refractivity contribution in [3.8, 4) is 5.75 Å². The first-order valence-electron chi connectivity index (χ1n) is 8.88. The van der Waals surface area contributed by atoms with Crippen molar-refractivity contribution in [3.05, 3.63) is 28.8 Å². The second kappa shape index (κ2) is 4.34. The van der Waals surface area contributed by atoms with Gasteiger partial charge in [-0.05, 0) is 41.6 Å². The minimum Gasteiger partial charge on any atom is -0.496 e. The highest BCUT2D eigenvalue weighted by atomic mass is 16.5. The molecule has 0 radical (unpaired) electrons. The highest BCUT2D eigenvalue weighted by Crippen LogP contribution is 2.35. The number of fused-ring (bicyclic) bond motifs is 1. The van der Waals surface area contributed by atoms with Crippen molar-refractivity contribution in [1.29, 1.82) is 0 Å². The number of methoxy groups -OCH3 is 1. The Balaban J connectivity index is 2.46. The first-order chi connectivity index (χ1) is 10.3. The summed E-state index contributed by atoms with van der Waals surface area (Å²) in [4.78, 5) is 1.46. The van der Waals surface area contributed by atoms with E-state index in [1.807, 2.05) is 26.8 Å². The summed E-state index contributed by atoms with van der Waals surface area (Å²) in [7, 11) is -2.51. The first-order valence-corrected chi connectivity index (χ1v) is 5.88. The van der Waals surface area contributed by atoms with Crippen LogP contribution >= 0.6 is 0 Å². The van der Waals surface area contributed by atoms with Crippen LogP contribution in [0.3, 0.4) is 0 Å². The van der Waals surface area contributed by atoms with E-state index in [4.69, 9.17) is 13.0 Å². The van der Waals surface area contributed by atoms with Crippen LogP contribution in [0.2, 0.25) is 0 Å². The molecule has 2 rings (SSSR count). The van der Waals surface area contributed by atoms with Gasteiger partial charge in [0.2, 0.25) is 0 Å². The van der Waals surface area contributed by atoms with Gasteiger partial charge in [-0.1, -0.05) is 26.8 Å². The van der Waals surface area contributed by atoms with Crippen molar-refractivity contribution >= 4 is 0 Å². The fraction of sp³-hybridized carbons (Fsp3) is 0.600. The van der Waals surface area contributed by atoms with Crippen LogP contribution in [-0.2, 0) is 18.4 Å². The van der Waals surface area contributed by atoms with Gasteiger partial charge >= 0.3 is 0 Å². The first kappa shape index (κ1) is 6.79. The molecule has 0 aromatic heterocycles. The van der Waals surface area contributed by atoms with Crippen LogP contribution in [-0.4, -0.2) is 25.5 Å². The largest absolute Gasteiger partial charge is 0.496 e. The summed E-state index contributed by atoms with van der Waals surface area (Å²) in [6.45, 7) is 4.57. The zero-order valence-electron chi connectivity index (χ0n) is 16.6. The van der Waals surface area contributed by atoms with Crippen molar-refractivity contribution in [3.63, 3.8) is 0 Å². The Morgan fingerprint density at radius 1 is 1.29 bits per heavy atom. The van der Waals surface area contributed by atoms with E-state index in [-0.39, 0.29) is 5.41 Å². The lowest BCUT2D eigenvalue weighted by Gasteiger charge is -2.29. The fourth-order valence-electron chi connectivity index (χ4n) is 2.26. The lowest BCUT2D eigenvalue weighted by molar-refractivity contribution is 0.311. The maximum absolute atomic E-state index is 7.56. The number of likely N-dealkylation sites (N-methyl/N-ethyl adjacent to an activating group) is 1. The van der Waals surface area contributed by atoms with E-state index < -0.39 is 14.0 Å². The molecule has 0 saturated carbocycles. The number of rotatable bonds is 1. The Labute approximate surface area is 113 Å². The zero-order valence-corrected chi connectivity index (χ0v) is 10.6. The summed E-state index contributed by atoms with van der Waals surface area (Å²) in [5.41, 5.74) is 2.35. The van der Waals surface area contributed by atoms with Gasteiger partial charge in [-0.2, -0.15) is 0 Å². The summed E-state index contributed by atoms with van der Waals surface area (Å²) in [5, 5.41) is 0. The van der Waals surface area contributed by atoms with Crippen LogP contribution in [0.25, 0.3) is 0 Å². The molecule has 0 unspecified atom stereocenters. The molecule has 2 nitrogen and oxygen atoms in total. The van der Waals surface area contributed by atoms with Gasteiger partial charge in [0.1, 0.15) is 5.75 Å². The van der Waals surface area contributed by atoms with Gasteiger partial charge in [0.25, 0.3) is 0 Å². The Morgan fingerprint density at radius 2 is 2.12 bits per heavy atom. The monoisotopic (exact) mass is 239 g/mol. The maximum atomic E-state index is 7.56. The van der Waals surface area contributed by atoms with Crippen molar-refractivity contribution in [1.82, 2.24) is 4.90 Å². The van der Waals surface area contributed by atoms with Gasteiger partial charge in [0, 0.05) is 17.2 Å². The second-order valence-electron chi connectivity index (χ2n) is 5.64. The fourth-order valence-corrected chi connectivity index (χ4v) is 2.26. The predicted molar refractivity (Wildman–Crippen MR) is 71.7 cm³/mol. The van der Waals surface area contributed by atoms with Crippen LogP contribution in [0.4, 0.5) is 0 Å². The zero-order chi connectivity index (χ0) is 17.6. The number of ether oxygens (including phenoxy) is 1. The maximum Gasteiger partial charge on any atom is 0.122 e. The van der Waals surface area contributed by atoms with Gasteiger partial charge in [-0.3, -0.25) is 0 Å². The Kier molecular flexibility index (Phi) is 1.73. The minimum atomic E-state index is -2.51. The average molecular weight is 239 g/mol. The molecule has 0 aliphatic carbocycles. The summed E-state index contributed by atoms with van der Waals surface area (Å²) in [6.07, 6.45) is 0.565. The van der Waals surface area contributed by atoms with Gasteiger partial charge in [-0.25, -0.2) is 0 Å². The number of nitrogens with zero attached hydrogens (tertiary/aromatic N) is 1. The van der Waals surface area contributed by atoms with Crippen LogP contribution in [0.1, 0.15) is 45.7 Å². The Bertz CT molecular complexity index is 585. The topological polar surface area (TPSA) is 12.5 Å². The van der Waals surface area contributed by atoms with Crippen molar-refractivity contribution in [2.45, 2.75) is 39.2 Å². The van der Waals surface area contributed by atoms with E-state index in [0.717, 1.165) is 16.7 Å². The van der Waals surface area contributed by atoms with Crippen LogP contribution in [0.5, 0.6) is 5.75 Å². The molecule has 0 amide bonds. The summed E-state index contributed by atoms with van der Waals surface area (Å²) in [5.74, 6) is 0.360. The highest BCUT2D eigenvalue weighted by Gasteiger charge is 2.23.